The molecule has 0 spiro atoms. The van der Waals surface area contributed by atoms with Crippen molar-refractivity contribution in [3.8, 4) is 0 Å². The zero-order chi connectivity index (χ0) is 15.2. The number of likely N-dealkylation sites (N-methyl/N-ethyl adjacent to an activating group) is 1. The summed E-state index contributed by atoms with van der Waals surface area (Å²) in [6, 6.07) is 4.26. The number of hydrazine groups is 1. The van der Waals surface area contributed by atoms with Crippen molar-refractivity contribution in [2.45, 2.75) is 31.9 Å². The Balaban J connectivity index is 1.98. The molecule has 1 saturated heterocycles. The number of ether oxygens (including phenoxy) is 1. The van der Waals surface area contributed by atoms with Crippen LogP contribution in [0.4, 0.5) is 4.39 Å². The lowest BCUT2D eigenvalue weighted by molar-refractivity contribution is -0.00272. The minimum Gasteiger partial charge on any atom is -0.377 e. The number of amides is 1. The van der Waals surface area contributed by atoms with Crippen molar-refractivity contribution in [3.05, 3.63) is 35.1 Å². The molecule has 1 atom stereocenters. The van der Waals surface area contributed by atoms with E-state index in [0.717, 1.165) is 26.0 Å². The van der Waals surface area contributed by atoms with Gasteiger partial charge < -0.3 is 4.74 Å². The average Bonchev–Trinajstić information content (AvgIpc) is 2.49. The highest BCUT2D eigenvalue weighted by molar-refractivity contribution is 5.93. The first-order chi connectivity index (χ1) is 10.1. The number of carbonyl (C=O) groups excluding carboxylic acids is 1. The van der Waals surface area contributed by atoms with Gasteiger partial charge in [-0.15, -0.1) is 0 Å². The number of benzene rings is 1. The second-order valence-electron chi connectivity index (χ2n) is 5.46. The Labute approximate surface area is 124 Å². The molecule has 1 aliphatic rings. The molecule has 0 aromatic heterocycles. The molecule has 1 fully saturated rings. The SMILES string of the molecule is CN(Cc1cc(C(=O)NN)ccc1F)CC1CCCCO1. The van der Waals surface area contributed by atoms with Gasteiger partial charge in [-0.1, -0.05) is 0 Å². The third-order valence-electron chi connectivity index (χ3n) is 3.67. The van der Waals surface area contributed by atoms with E-state index in [1.54, 1.807) is 0 Å². The molecular formula is C15H22FN3O2. The topological polar surface area (TPSA) is 67.6 Å². The molecule has 21 heavy (non-hydrogen) atoms. The van der Waals surface area contributed by atoms with Crippen LogP contribution < -0.4 is 11.3 Å². The van der Waals surface area contributed by atoms with Gasteiger partial charge in [0.1, 0.15) is 5.82 Å². The second kappa shape index (κ2) is 7.49. The fourth-order valence-corrected chi connectivity index (χ4v) is 2.57. The van der Waals surface area contributed by atoms with Gasteiger partial charge in [0.2, 0.25) is 0 Å². The highest BCUT2D eigenvalue weighted by Crippen LogP contribution is 2.16. The zero-order valence-electron chi connectivity index (χ0n) is 12.3. The van der Waals surface area contributed by atoms with Gasteiger partial charge in [0, 0.05) is 30.8 Å². The lowest BCUT2D eigenvalue weighted by Crippen LogP contribution is -2.33. The number of nitrogens with zero attached hydrogens (tertiary/aromatic N) is 1. The van der Waals surface area contributed by atoms with Gasteiger partial charge in [0.05, 0.1) is 6.10 Å². The Bertz CT molecular complexity index is 490. The summed E-state index contributed by atoms with van der Waals surface area (Å²) in [7, 11) is 1.92. The summed E-state index contributed by atoms with van der Waals surface area (Å²) < 4.78 is 19.5. The maximum atomic E-state index is 13.9. The van der Waals surface area contributed by atoms with E-state index in [1.165, 1.54) is 24.6 Å². The van der Waals surface area contributed by atoms with E-state index >= 15 is 0 Å². The minimum absolute atomic E-state index is 0.210. The van der Waals surface area contributed by atoms with E-state index in [0.29, 0.717) is 17.7 Å². The average molecular weight is 295 g/mol. The molecule has 1 unspecified atom stereocenters. The lowest BCUT2D eigenvalue weighted by atomic mass is 10.1. The number of halogens is 1. The number of nitrogens with one attached hydrogen (secondary N) is 1. The summed E-state index contributed by atoms with van der Waals surface area (Å²) in [6.45, 7) is 1.99. The largest absolute Gasteiger partial charge is 0.377 e. The second-order valence-corrected chi connectivity index (χ2v) is 5.46. The van der Waals surface area contributed by atoms with Crippen LogP contribution in [-0.4, -0.2) is 37.1 Å². The van der Waals surface area contributed by atoms with Gasteiger partial charge in [-0.2, -0.15) is 0 Å². The summed E-state index contributed by atoms with van der Waals surface area (Å²) >= 11 is 0. The third kappa shape index (κ3) is 4.49. The van der Waals surface area contributed by atoms with Gasteiger partial charge in [0.15, 0.2) is 0 Å². The van der Waals surface area contributed by atoms with Crippen molar-refractivity contribution >= 4 is 5.91 Å². The van der Waals surface area contributed by atoms with Crippen LogP contribution >= 0.6 is 0 Å². The molecule has 116 valence electrons. The predicted octanol–water partition coefficient (Wildman–Crippen LogP) is 1.43. The maximum absolute atomic E-state index is 13.9. The van der Waals surface area contributed by atoms with E-state index in [1.807, 2.05) is 11.9 Å². The summed E-state index contributed by atoms with van der Waals surface area (Å²) in [6.07, 6.45) is 3.55. The Morgan fingerprint density at radius 1 is 1.52 bits per heavy atom. The number of nitrogen functional groups attached to an aromatic ring is 1. The fourth-order valence-electron chi connectivity index (χ4n) is 2.57. The third-order valence-corrected chi connectivity index (χ3v) is 3.67. The molecule has 0 aliphatic carbocycles. The van der Waals surface area contributed by atoms with Crippen molar-refractivity contribution in [1.29, 1.82) is 0 Å². The molecule has 3 N–H and O–H groups in total. The highest BCUT2D eigenvalue weighted by Gasteiger charge is 2.17. The Hall–Kier alpha value is -1.50. The Morgan fingerprint density at radius 2 is 2.33 bits per heavy atom. The molecule has 1 aliphatic heterocycles. The molecule has 1 heterocycles. The fraction of sp³-hybridized carbons (Fsp3) is 0.533. The maximum Gasteiger partial charge on any atom is 0.265 e. The van der Waals surface area contributed by atoms with Crippen molar-refractivity contribution in [1.82, 2.24) is 10.3 Å². The molecule has 1 aromatic carbocycles. The first-order valence-electron chi connectivity index (χ1n) is 7.19. The Kier molecular flexibility index (Phi) is 5.67. The molecule has 0 radical (unpaired) electrons. The summed E-state index contributed by atoms with van der Waals surface area (Å²) in [5.41, 5.74) is 2.89. The first kappa shape index (κ1) is 15.9. The van der Waals surface area contributed by atoms with Crippen molar-refractivity contribution < 1.29 is 13.9 Å². The van der Waals surface area contributed by atoms with E-state index in [4.69, 9.17) is 10.6 Å². The van der Waals surface area contributed by atoms with E-state index in [-0.39, 0.29) is 11.9 Å². The molecule has 1 amide bonds. The minimum atomic E-state index is -0.422. The molecule has 1 aromatic rings. The smallest absolute Gasteiger partial charge is 0.265 e. The number of hydrogen-bond donors (Lipinski definition) is 2. The number of hydrogen-bond acceptors (Lipinski definition) is 4. The van der Waals surface area contributed by atoms with Crippen LogP contribution in [-0.2, 0) is 11.3 Å². The highest BCUT2D eigenvalue weighted by atomic mass is 19.1. The van der Waals surface area contributed by atoms with Gasteiger partial charge >= 0.3 is 0 Å². The zero-order valence-corrected chi connectivity index (χ0v) is 12.3. The van der Waals surface area contributed by atoms with Crippen LogP contribution in [0, 0.1) is 5.82 Å². The van der Waals surface area contributed by atoms with Crippen molar-refractivity contribution in [2.24, 2.45) is 5.84 Å². The number of carbonyl (C=O) groups is 1. The summed E-state index contributed by atoms with van der Waals surface area (Å²) in [5.74, 6) is 4.36. The molecule has 5 nitrogen and oxygen atoms in total. The van der Waals surface area contributed by atoms with Gasteiger partial charge in [-0.05, 0) is 44.5 Å². The van der Waals surface area contributed by atoms with Crippen LogP contribution in [0.15, 0.2) is 18.2 Å². The van der Waals surface area contributed by atoms with Gasteiger partial charge in [0.25, 0.3) is 5.91 Å². The van der Waals surface area contributed by atoms with Crippen LogP contribution in [0.5, 0.6) is 0 Å². The first-order valence-corrected chi connectivity index (χ1v) is 7.19. The van der Waals surface area contributed by atoms with Crippen LogP contribution in [0.3, 0.4) is 0 Å². The summed E-state index contributed by atoms with van der Waals surface area (Å²) in [4.78, 5) is 13.5. The molecular weight excluding hydrogens is 273 g/mol. The lowest BCUT2D eigenvalue weighted by Gasteiger charge is -2.27. The van der Waals surface area contributed by atoms with Crippen LogP contribution in [0.25, 0.3) is 0 Å². The summed E-state index contributed by atoms with van der Waals surface area (Å²) in [5, 5.41) is 0. The molecule has 0 saturated carbocycles. The van der Waals surface area contributed by atoms with Crippen molar-refractivity contribution in [3.63, 3.8) is 0 Å². The van der Waals surface area contributed by atoms with E-state index < -0.39 is 5.91 Å². The van der Waals surface area contributed by atoms with Gasteiger partial charge in [-0.3, -0.25) is 15.1 Å². The predicted molar refractivity (Wildman–Crippen MR) is 78.0 cm³/mol. The number of nitrogens with two attached hydrogens (primary N) is 1. The van der Waals surface area contributed by atoms with E-state index in [9.17, 15) is 9.18 Å². The van der Waals surface area contributed by atoms with Crippen molar-refractivity contribution in [2.75, 3.05) is 20.2 Å². The molecule has 0 bridgehead atoms. The Morgan fingerprint density at radius 3 is 3.00 bits per heavy atom. The monoisotopic (exact) mass is 295 g/mol. The van der Waals surface area contributed by atoms with Gasteiger partial charge in [-0.25, -0.2) is 10.2 Å². The quantitative estimate of drug-likeness (QED) is 0.490. The van der Waals surface area contributed by atoms with E-state index in [2.05, 4.69) is 5.43 Å². The standard InChI is InChI=1S/C15H22FN3O2/c1-19(10-13-4-2-3-7-21-13)9-12-8-11(15(20)18-17)5-6-14(12)16/h5-6,8,13H,2-4,7,9-10,17H2,1H3,(H,18,20). The van der Waals surface area contributed by atoms with Crippen LogP contribution in [0.2, 0.25) is 0 Å². The molecule has 6 heteroatoms. The molecule has 2 rings (SSSR count). The number of rotatable bonds is 5. The normalized spacial score (nSPS) is 18.8. The van der Waals surface area contributed by atoms with Crippen LogP contribution in [0.1, 0.15) is 35.2 Å².